The van der Waals surface area contributed by atoms with Crippen LogP contribution in [0, 0.1) is 5.92 Å². The fourth-order valence-corrected chi connectivity index (χ4v) is 4.17. The summed E-state index contributed by atoms with van der Waals surface area (Å²) in [7, 11) is 0. The molecule has 94 valence electrons. The van der Waals surface area contributed by atoms with Crippen LogP contribution >= 0.6 is 27.3 Å². The van der Waals surface area contributed by atoms with Crippen LogP contribution in [-0.2, 0) is 6.42 Å². The average molecular weight is 322 g/mol. The van der Waals surface area contributed by atoms with E-state index >= 15 is 0 Å². The molecule has 3 rings (SSSR count). The highest BCUT2D eigenvalue weighted by molar-refractivity contribution is 9.11. The third-order valence-corrected chi connectivity index (χ3v) is 5.33. The van der Waals surface area contributed by atoms with Crippen LogP contribution in [0.25, 0.3) is 0 Å². The number of halogens is 1. The lowest BCUT2D eigenvalue weighted by Crippen LogP contribution is -2.25. The standard InChI is InChI=1S/C15H16BrNS/c16-15-7-6-11(18-15)8-14(17)13-9-12(13)10-4-2-1-3-5-10/h1-7,12-14H,8-9,17H2. The molecule has 1 saturated carbocycles. The molecule has 3 heteroatoms. The van der Waals surface area contributed by atoms with Crippen LogP contribution in [0.15, 0.2) is 46.3 Å². The second-order valence-corrected chi connectivity index (χ2v) is 7.54. The van der Waals surface area contributed by atoms with Crippen LogP contribution in [0.2, 0.25) is 0 Å². The Kier molecular flexibility index (Phi) is 3.55. The zero-order valence-electron chi connectivity index (χ0n) is 10.1. The van der Waals surface area contributed by atoms with Crippen LogP contribution < -0.4 is 5.73 Å². The van der Waals surface area contributed by atoms with Crippen LogP contribution in [0.5, 0.6) is 0 Å². The van der Waals surface area contributed by atoms with Crippen molar-refractivity contribution < 1.29 is 0 Å². The van der Waals surface area contributed by atoms with Crippen LogP contribution in [0.1, 0.15) is 22.8 Å². The maximum Gasteiger partial charge on any atom is 0.0701 e. The summed E-state index contributed by atoms with van der Waals surface area (Å²) in [6, 6.07) is 15.3. The molecular weight excluding hydrogens is 306 g/mol. The van der Waals surface area contributed by atoms with Gasteiger partial charge in [0.15, 0.2) is 0 Å². The molecule has 1 aliphatic rings. The van der Waals surface area contributed by atoms with E-state index in [2.05, 4.69) is 58.4 Å². The zero-order valence-corrected chi connectivity index (χ0v) is 12.5. The van der Waals surface area contributed by atoms with Crippen molar-refractivity contribution in [3.05, 3.63) is 56.7 Å². The van der Waals surface area contributed by atoms with Gasteiger partial charge in [-0.3, -0.25) is 0 Å². The highest BCUT2D eigenvalue weighted by atomic mass is 79.9. The Labute approximate surface area is 120 Å². The molecule has 2 N–H and O–H groups in total. The maximum atomic E-state index is 6.34. The molecule has 0 radical (unpaired) electrons. The van der Waals surface area contributed by atoms with E-state index < -0.39 is 0 Å². The van der Waals surface area contributed by atoms with E-state index in [1.807, 2.05) is 0 Å². The van der Waals surface area contributed by atoms with Crippen molar-refractivity contribution >= 4 is 27.3 Å². The normalized spacial score (nSPS) is 23.9. The summed E-state index contributed by atoms with van der Waals surface area (Å²) >= 11 is 5.30. The van der Waals surface area contributed by atoms with E-state index in [1.165, 1.54) is 20.6 Å². The van der Waals surface area contributed by atoms with Crippen LogP contribution in [0.4, 0.5) is 0 Å². The second kappa shape index (κ2) is 5.16. The lowest BCUT2D eigenvalue weighted by Gasteiger charge is -2.10. The summed E-state index contributed by atoms with van der Waals surface area (Å²) in [6.07, 6.45) is 2.25. The largest absolute Gasteiger partial charge is 0.327 e. The van der Waals surface area contributed by atoms with Crippen molar-refractivity contribution in [3.63, 3.8) is 0 Å². The first-order chi connectivity index (χ1) is 8.74. The van der Waals surface area contributed by atoms with Crippen molar-refractivity contribution in [2.75, 3.05) is 0 Å². The molecule has 3 unspecified atom stereocenters. The lowest BCUT2D eigenvalue weighted by atomic mass is 10.0. The summed E-state index contributed by atoms with van der Waals surface area (Å²) in [6.45, 7) is 0. The fourth-order valence-electron chi connectivity index (χ4n) is 2.62. The predicted octanol–water partition coefficient (Wildman–Crippen LogP) is 4.18. The van der Waals surface area contributed by atoms with Gasteiger partial charge in [-0.15, -0.1) is 11.3 Å². The first-order valence-corrected chi connectivity index (χ1v) is 7.90. The summed E-state index contributed by atoms with van der Waals surface area (Å²) in [4.78, 5) is 1.38. The number of benzene rings is 1. The third kappa shape index (κ3) is 2.68. The molecule has 1 aromatic carbocycles. The minimum atomic E-state index is 0.292. The van der Waals surface area contributed by atoms with E-state index in [0.29, 0.717) is 17.9 Å². The van der Waals surface area contributed by atoms with E-state index in [4.69, 9.17) is 5.73 Å². The van der Waals surface area contributed by atoms with E-state index in [1.54, 1.807) is 11.3 Å². The molecule has 1 nitrogen and oxygen atoms in total. The van der Waals surface area contributed by atoms with Gasteiger partial charge in [0, 0.05) is 10.9 Å². The predicted molar refractivity (Wildman–Crippen MR) is 81.0 cm³/mol. The van der Waals surface area contributed by atoms with Gasteiger partial charge in [-0.1, -0.05) is 30.3 Å². The second-order valence-electron chi connectivity index (χ2n) is 4.99. The van der Waals surface area contributed by atoms with Gasteiger partial charge in [-0.25, -0.2) is 0 Å². The molecule has 1 fully saturated rings. The van der Waals surface area contributed by atoms with Crippen molar-refractivity contribution in [3.8, 4) is 0 Å². The van der Waals surface area contributed by atoms with Crippen molar-refractivity contribution in [2.24, 2.45) is 11.7 Å². The topological polar surface area (TPSA) is 26.0 Å². The maximum absolute atomic E-state index is 6.34. The van der Waals surface area contributed by atoms with Gasteiger partial charge < -0.3 is 5.73 Å². The molecule has 0 amide bonds. The van der Waals surface area contributed by atoms with Crippen LogP contribution in [-0.4, -0.2) is 6.04 Å². The Morgan fingerprint density at radius 3 is 2.67 bits per heavy atom. The number of hydrogen-bond acceptors (Lipinski definition) is 2. The molecule has 1 aromatic heterocycles. The van der Waals surface area contributed by atoms with Gasteiger partial charge in [-0.05, 0) is 58.3 Å². The quantitative estimate of drug-likeness (QED) is 0.898. The van der Waals surface area contributed by atoms with E-state index in [-0.39, 0.29) is 0 Å². The van der Waals surface area contributed by atoms with Gasteiger partial charge in [0.25, 0.3) is 0 Å². The Bertz CT molecular complexity index is 522. The van der Waals surface area contributed by atoms with Crippen molar-refractivity contribution in [1.29, 1.82) is 0 Å². The highest BCUT2D eigenvalue weighted by Crippen LogP contribution is 2.49. The number of nitrogens with two attached hydrogens (primary N) is 1. The van der Waals surface area contributed by atoms with Crippen molar-refractivity contribution in [2.45, 2.75) is 24.8 Å². The molecule has 1 heterocycles. The third-order valence-electron chi connectivity index (χ3n) is 3.68. The average Bonchev–Trinajstić information content (AvgIpc) is 3.09. The lowest BCUT2D eigenvalue weighted by molar-refractivity contribution is 0.582. The molecule has 0 spiro atoms. The monoisotopic (exact) mass is 321 g/mol. The number of thiophene rings is 1. The first-order valence-electron chi connectivity index (χ1n) is 6.29. The molecular formula is C15H16BrNS. The Morgan fingerprint density at radius 2 is 2.00 bits per heavy atom. The Morgan fingerprint density at radius 1 is 1.22 bits per heavy atom. The summed E-state index contributed by atoms with van der Waals surface area (Å²) in [5, 5.41) is 0. The SMILES string of the molecule is NC(Cc1ccc(Br)s1)C1CC1c1ccccc1. The Balaban J connectivity index is 1.61. The molecule has 2 aromatic rings. The van der Waals surface area contributed by atoms with Gasteiger partial charge in [0.2, 0.25) is 0 Å². The molecule has 1 aliphatic carbocycles. The smallest absolute Gasteiger partial charge is 0.0701 e. The first kappa shape index (κ1) is 12.4. The number of rotatable bonds is 4. The summed E-state index contributed by atoms with van der Waals surface area (Å²) < 4.78 is 1.19. The minimum Gasteiger partial charge on any atom is -0.327 e. The molecule has 0 bridgehead atoms. The molecule has 0 saturated heterocycles. The van der Waals surface area contributed by atoms with E-state index in [0.717, 1.165) is 6.42 Å². The van der Waals surface area contributed by atoms with Gasteiger partial charge in [-0.2, -0.15) is 0 Å². The minimum absolute atomic E-state index is 0.292. The highest BCUT2D eigenvalue weighted by Gasteiger charge is 2.42. The van der Waals surface area contributed by atoms with E-state index in [9.17, 15) is 0 Å². The molecule has 18 heavy (non-hydrogen) atoms. The summed E-state index contributed by atoms with van der Waals surface area (Å²) in [5.41, 5.74) is 7.79. The molecule has 3 atom stereocenters. The fraction of sp³-hybridized carbons (Fsp3) is 0.333. The summed E-state index contributed by atoms with van der Waals surface area (Å²) in [5.74, 6) is 1.35. The Hall–Kier alpha value is -0.640. The van der Waals surface area contributed by atoms with Gasteiger partial charge in [0.1, 0.15) is 0 Å². The zero-order chi connectivity index (χ0) is 12.5. The van der Waals surface area contributed by atoms with Gasteiger partial charge in [0.05, 0.1) is 3.79 Å². The number of hydrogen-bond donors (Lipinski definition) is 1. The van der Waals surface area contributed by atoms with Crippen LogP contribution in [0.3, 0.4) is 0 Å². The molecule has 0 aliphatic heterocycles. The van der Waals surface area contributed by atoms with Gasteiger partial charge >= 0.3 is 0 Å². The van der Waals surface area contributed by atoms with Crippen molar-refractivity contribution in [1.82, 2.24) is 0 Å².